The summed E-state index contributed by atoms with van der Waals surface area (Å²) in [6.45, 7) is 2.11. The van der Waals surface area contributed by atoms with Crippen molar-refractivity contribution in [1.29, 1.82) is 0 Å². The minimum Gasteiger partial charge on any atom is -0.283 e. The Balaban J connectivity index is 2.18. The quantitative estimate of drug-likeness (QED) is 0.738. The van der Waals surface area contributed by atoms with E-state index in [9.17, 15) is 0 Å². The van der Waals surface area contributed by atoms with Crippen LogP contribution < -0.4 is 0 Å². The largest absolute Gasteiger partial charge is 0.283 e. The van der Waals surface area contributed by atoms with Gasteiger partial charge in [-0.3, -0.25) is 4.40 Å². The normalized spacial score (nSPS) is 21.3. The van der Waals surface area contributed by atoms with Crippen LogP contribution in [0.4, 0.5) is 0 Å². The van der Waals surface area contributed by atoms with Crippen molar-refractivity contribution in [3.05, 3.63) is 29.7 Å². The van der Waals surface area contributed by atoms with E-state index in [1.54, 1.807) is 0 Å². The van der Waals surface area contributed by atoms with E-state index in [4.69, 9.17) is 0 Å². The van der Waals surface area contributed by atoms with Crippen LogP contribution in [0.25, 0.3) is 5.65 Å². The first-order chi connectivity index (χ1) is 7.36. The maximum Gasteiger partial charge on any atom is 0.161 e. The first kappa shape index (κ1) is 9.21. The molecule has 0 saturated carbocycles. The van der Waals surface area contributed by atoms with Crippen molar-refractivity contribution in [3.8, 4) is 0 Å². The smallest absolute Gasteiger partial charge is 0.161 e. The molecule has 0 bridgehead atoms. The summed E-state index contributed by atoms with van der Waals surface area (Å²) in [6, 6.07) is 6.16. The predicted octanol–water partition coefficient (Wildman–Crippen LogP) is 2.61. The number of rotatable bonds is 1. The molecule has 1 fully saturated rings. The fourth-order valence-electron chi connectivity index (χ4n) is 2.12. The molecule has 1 saturated heterocycles. The molecule has 3 rings (SSSR count). The highest BCUT2D eigenvalue weighted by Gasteiger charge is 2.23. The highest BCUT2D eigenvalue weighted by atomic mass is 32.2. The Morgan fingerprint density at radius 3 is 3.13 bits per heavy atom. The van der Waals surface area contributed by atoms with Gasteiger partial charge in [0.2, 0.25) is 0 Å². The molecule has 4 heteroatoms. The number of aryl methyl sites for hydroxylation is 1. The van der Waals surface area contributed by atoms with Crippen molar-refractivity contribution in [1.82, 2.24) is 14.6 Å². The zero-order valence-corrected chi connectivity index (χ0v) is 9.50. The van der Waals surface area contributed by atoms with Crippen LogP contribution in [0.2, 0.25) is 0 Å². The lowest BCUT2D eigenvalue weighted by Gasteiger charge is -2.07. The Labute approximate surface area is 92.9 Å². The van der Waals surface area contributed by atoms with Gasteiger partial charge in [-0.1, -0.05) is 6.07 Å². The summed E-state index contributed by atoms with van der Waals surface area (Å²) in [7, 11) is 0. The van der Waals surface area contributed by atoms with Crippen molar-refractivity contribution in [2.24, 2.45) is 0 Å². The molecule has 15 heavy (non-hydrogen) atoms. The number of hydrogen-bond acceptors (Lipinski definition) is 3. The third-order valence-corrected chi connectivity index (χ3v) is 4.24. The van der Waals surface area contributed by atoms with E-state index in [1.807, 2.05) is 23.9 Å². The van der Waals surface area contributed by atoms with Gasteiger partial charge in [-0.2, -0.15) is 11.8 Å². The maximum atomic E-state index is 4.33. The molecule has 1 atom stereocenters. The van der Waals surface area contributed by atoms with Crippen molar-refractivity contribution >= 4 is 17.4 Å². The van der Waals surface area contributed by atoms with Crippen LogP contribution >= 0.6 is 11.8 Å². The van der Waals surface area contributed by atoms with Crippen LogP contribution in [0.1, 0.15) is 29.6 Å². The van der Waals surface area contributed by atoms with Crippen molar-refractivity contribution < 1.29 is 0 Å². The molecule has 0 spiro atoms. The monoisotopic (exact) mass is 219 g/mol. The average Bonchev–Trinajstić information content (AvgIpc) is 2.85. The second-order valence-corrected chi connectivity index (χ2v) is 5.23. The molecular weight excluding hydrogens is 206 g/mol. The minimum atomic E-state index is 0.543. The highest BCUT2D eigenvalue weighted by Crippen LogP contribution is 2.39. The zero-order valence-electron chi connectivity index (χ0n) is 8.68. The molecule has 2 aromatic rings. The zero-order chi connectivity index (χ0) is 10.3. The Morgan fingerprint density at radius 1 is 1.40 bits per heavy atom. The third kappa shape index (κ3) is 1.44. The number of pyridine rings is 1. The molecule has 3 heterocycles. The Bertz CT molecular complexity index is 486. The first-order valence-electron chi connectivity index (χ1n) is 5.28. The molecule has 0 aromatic carbocycles. The minimum absolute atomic E-state index is 0.543. The Hall–Kier alpha value is -1.03. The fraction of sp³-hybridized carbons (Fsp3) is 0.455. The number of nitrogens with zero attached hydrogens (tertiary/aromatic N) is 3. The molecule has 1 aliphatic heterocycles. The molecule has 3 nitrogen and oxygen atoms in total. The summed E-state index contributed by atoms with van der Waals surface area (Å²) in [5.41, 5.74) is 2.19. The molecule has 1 aliphatic rings. The molecule has 0 aliphatic carbocycles. The van der Waals surface area contributed by atoms with E-state index >= 15 is 0 Å². The highest BCUT2D eigenvalue weighted by molar-refractivity contribution is 7.99. The van der Waals surface area contributed by atoms with Crippen LogP contribution in [0.15, 0.2) is 18.2 Å². The molecule has 0 amide bonds. The summed E-state index contributed by atoms with van der Waals surface area (Å²) in [5, 5.41) is 9.10. The van der Waals surface area contributed by atoms with E-state index in [0.717, 1.165) is 11.5 Å². The predicted molar refractivity (Wildman–Crippen MR) is 62.2 cm³/mol. The third-order valence-electron chi connectivity index (χ3n) is 2.87. The molecule has 2 aromatic heterocycles. The van der Waals surface area contributed by atoms with Gasteiger partial charge in [-0.25, -0.2) is 0 Å². The summed E-state index contributed by atoms with van der Waals surface area (Å²) in [5.74, 6) is 2.39. The summed E-state index contributed by atoms with van der Waals surface area (Å²) in [4.78, 5) is 0. The van der Waals surface area contributed by atoms with Crippen molar-refractivity contribution in [2.75, 3.05) is 5.75 Å². The maximum absolute atomic E-state index is 4.33. The standard InChI is InChI=1S/C11H13N3S/c1-8-4-2-6-10-12-13-11(14(8)10)9-5-3-7-15-9/h2,4,6,9H,3,5,7H2,1H3. The summed E-state index contributed by atoms with van der Waals surface area (Å²) < 4.78 is 2.18. The van der Waals surface area contributed by atoms with Crippen LogP contribution in [-0.4, -0.2) is 20.4 Å². The van der Waals surface area contributed by atoms with Crippen LogP contribution in [0, 0.1) is 6.92 Å². The molecule has 0 radical (unpaired) electrons. The van der Waals surface area contributed by atoms with Crippen LogP contribution in [0.3, 0.4) is 0 Å². The molecule has 78 valence electrons. The number of aromatic nitrogens is 3. The van der Waals surface area contributed by atoms with Gasteiger partial charge in [0.15, 0.2) is 11.5 Å². The van der Waals surface area contributed by atoms with Gasteiger partial charge in [-0.05, 0) is 37.7 Å². The summed E-state index contributed by atoms with van der Waals surface area (Å²) in [6.07, 6.45) is 2.54. The fourth-order valence-corrected chi connectivity index (χ4v) is 3.37. The molecule has 0 N–H and O–H groups in total. The van der Waals surface area contributed by atoms with Crippen molar-refractivity contribution in [2.45, 2.75) is 25.0 Å². The van der Waals surface area contributed by atoms with Gasteiger partial charge in [-0.15, -0.1) is 10.2 Å². The molecule has 1 unspecified atom stereocenters. The van der Waals surface area contributed by atoms with E-state index < -0.39 is 0 Å². The van der Waals surface area contributed by atoms with Gasteiger partial charge >= 0.3 is 0 Å². The first-order valence-corrected chi connectivity index (χ1v) is 6.33. The number of fused-ring (bicyclic) bond motifs is 1. The average molecular weight is 219 g/mol. The Kier molecular flexibility index (Phi) is 2.16. The lowest BCUT2D eigenvalue weighted by atomic mass is 10.2. The van der Waals surface area contributed by atoms with Gasteiger partial charge in [0.05, 0.1) is 5.25 Å². The number of hydrogen-bond donors (Lipinski definition) is 0. The van der Waals surface area contributed by atoms with Crippen LogP contribution in [-0.2, 0) is 0 Å². The second kappa shape index (κ2) is 3.52. The number of thioether (sulfide) groups is 1. The van der Waals surface area contributed by atoms with E-state index in [1.165, 1.54) is 24.3 Å². The van der Waals surface area contributed by atoms with Crippen molar-refractivity contribution in [3.63, 3.8) is 0 Å². The van der Waals surface area contributed by atoms with Gasteiger partial charge in [0.1, 0.15) is 0 Å². The van der Waals surface area contributed by atoms with Gasteiger partial charge in [0, 0.05) is 5.69 Å². The van der Waals surface area contributed by atoms with Gasteiger partial charge < -0.3 is 0 Å². The SMILES string of the molecule is Cc1cccc2nnc(C3CCCS3)n12. The van der Waals surface area contributed by atoms with E-state index in [2.05, 4.69) is 27.6 Å². The topological polar surface area (TPSA) is 30.2 Å². The lowest BCUT2D eigenvalue weighted by Crippen LogP contribution is -2.00. The lowest BCUT2D eigenvalue weighted by molar-refractivity contribution is 0.761. The summed E-state index contributed by atoms with van der Waals surface area (Å²) >= 11 is 2.00. The molecular formula is C11H13N3S. The van der Waals surface area contributed by atoms with E-state index in [-0.39, 0.29) is 0 Å². The van der Waals surface area contributed by atoms with E-state index in [0.29, 0.717) is 5.25 Å². The Morgan fingerprint density at radius 2 is 2.33 bits per heavy atom. The second-order valence-electron chi connectivity index (χ2n) is 3.92. The van der Waals surface area contributed by atoms with Crippen LogP contribution in [0.5, 0.6) is 0 Å². The van der Waals surface area contributed by atoms with Gasteiger partial charge in [0.25, 0.3) is 0 Å².